The van der Waals surface area contributed by atoms with Gasteiger partial charge in [-0.2, -0.15) is 13.2 Å². The highest BCUT2D eigenvalue weighted by molar-refractivity contribution is 6.31. The molecular formula is C12H10ClF3N2. The normalized spacial score (nSPS) is 11.9. The number of fused-ring (bicyclic) bond motifs is 1. The predicted molar refractivity (Wildman–Crippen MR) is 66.0 cm³/mol. The number of aromatic nitrogens is 1. The topological polar surface area (TPSA) is 24.9 Å². The quantitative estimate of drug-likeness (QED) is 0.840. The molecule has 1 heterocycles. The fourth-order valence-electron chi connectivity index (χ4n) is 1.81. The average Bonchev–Trinajstić information content (AvgIpc) is 2.26. The number of hydrogen-bond donors (Lipinski definition) is 1. The minimum atomic E-state index is -4.47. The van der Waals surface area contributed by atoms with E-state index in [1.807, 2.05) is 0 Å². The molecule has 0 bridgehead atoms. The Balaban J connectivity index is 2.84. The third-order valence-electron chi connectivity index (χ3n) is 2.63. The summed E-state index contributed by atoms with van der Waals surface area (Å²) in [5.41, 5.74) is 0.362. The van der Waals surface area contributed by atoms with Crippen molar-refractivity contribution in [2.75, 3.05) is 12.4 Å². The summed E-state index contributed by atoms with van der Waals surface area (Å²) >= 11 is 5.90. The van der Waals surface area contributed by atoms with E-state index in [-0.39, 0.29) is 0 Å². The molecule has 0 radical (unpaired) electrons. The van der Waals surface area contributed by atoms with Crippen LogP contribution in [0.3, 0.4) is 0 Å². The summed E-state index contributed by atoms with van der Waals surface area (Å²) in [6.45, 7) is 1.68. The van der Waals surface area contributed by atoms with Crippen molar-refractivity contribution in [1.82, 2.24) is 4.98 Å². The zero-order chi connectivity index (χ0) is 13.5. The Hall–Kier alpha value is -1.49. The van der Waals surface area contributed by atoms with E-state index in [1.165, 1.54) is 0 Å². The summed E-state index contributed by atoms with van der Waals surface area (Å²) in [6, 6.07) is 4.18. The van der Waals surface area contributed by atoms with E-state index in [0.717, 1.165) is 6.07 Å². The van der Waals surface area contributed by atoms with Crippen LogP contribution in [0.2, 0.25) is 5.02 Å². The number of halogens is 4. The molecule has 0 aliphatic rings. The maximum Gasteiger partial charge on any atom is 0.433 e. The van der Waals surface area contributed by atoms with Gasteiger partial charge in [-0.1, -0.05) is 11.6 Å². The molecule has 1 aromatic carbocycles. The lowest BCUT2D eigenvalue weighted by molar-refractivity contribution is -0.140. The standard InChI is InChI=1S/C12H10ClF3N2/c1-6-3-7(13)4-8-9(17-2)5-10(12(14,15)16)18-11(6)8/h3-5H,1-2H3,(H,17,18). The Morgan fingerprint density at radius 3 is 2.44 bits per heavy atom. The van der Waals surface area contributed by atoms with Crippen molar-refractivity contribution in [1.29, 1.82) is 0 Å². The van der Waals surface area contributed by atoms with Gasteiger partial charge in [0.1, 0.15) is 5.69 Å². The van der Waals surface area contributed by atoms with Crippen molar-refractivity contribution in [2.24, 2.45) is 0 Å². The number of pyridine rings is 1. The molecule has 0 fully saturated rings. The van der Waals surface area contributed by atoms with Gasteiger partial charge in [0, 0.05) is 23.1 Å². The van der Waals surface area contributed by atoms with Gasteiger partial charge in [-0.05, 0) is 30.7 Å². The molecule has 2 nitrogen and oxygen atoms in total. The average molecular weight is 275 g/mol. The molecule has 2 rings (SSSR count). The molecule has 0 aliphatic carbocycles. The van der Waals surface area contributed by atoms with E-state index in [2.05, 4.69) is 10.3 Å². The van der Waals surface area contributed by atoms with E-state index in [0.29, 0.717) is 27.2 Å². The first-order valence-corrected chi connectivity index (χ1v) is 5.56. The van der Waals surface area contributed by atoms with Gasteiger partial charge in [-0.3, -0.25) is 0 Å². The number of benzene rings is 1. The van der Waals surface area contributed by atoms with Crippen molar-refractivity contribution in [3.8, 4) is 0 Å². The van der Waals surface area contributed by atoms with E-state index in [1.54, 1.807) is 26.1 Å². The van der Waals surface area contributed by atoms with E-state index in [9.17, 15) is 13.2 Å². The molecule has 1 N–H and O–H groups in total. The second-order valence-corrected chi connectivity index (χ2v) is 4.36. The Kier molecular flexibility index (Phi) is 3.11. The zero-order valence-corrected chi connectivity index (χ0v) is 10.4. The molecule has 0 saturated carbocycles. The maximum atomic E-state index is 12.7. The van der Waals surface area contributed by atoms with E-state index in [4.69, 9.17) is 11.6 Å². The highest BCUT2D eigenvalue weighted by Gasteiger charge is 2.33. The maximum absolute atomic E-state index is 12.7. The van der Waals surface area contributed by atoms with Crippen LogP contribution in [0.5, 0.6) is 0 Å². The smallest absolute Gasteiger partial charge is 0.388 e. The van der Waals surface area contributed by atoms with Crippen molar-refractivity contribution < 1.29 is 13.2 Å². The third-order valence-corrected chi connectivity index (χ3v) is 2.85. The van der Waals surface area contributed by atoms with Crippen LogP contribution in [-0.4, -0.2) is 12.0 Å². The van der Waals surface area contributed by atoms with Crippen LogP contribution in [0.15, 0.2) is 18.2 Å². The van der Waals surface area contributed by atoms with Crippen LogP contribution < -0.4 is 5.32 Å². The number of alkyl halides is 3. The van der Waals surface area contributed by atoms with E-state index < -0.39 is 11.9 Å². The molecule has 0 spiro atoms. The first-order valence-electron chi connectivity index (χ1n) is 5.19. The summed E-state index contributed by atoms with van der Waals surface area (Å²) in [5.74, 6) is 0. The fourth-order valence-corrected chi connectivity index (χ4v) is 2.08. The molecule has 1 aromatic heterocycles. The minimum Gasteiger partial charge on any atom is -0.388 e. The highest BCUT2D eigenvalue weighted by atomic mass is 35.5. The predicted octanol–water partition coefficient (Wildman–Crippen LogP) is 4.26. The Bertz CT molecular complexity index is 608. The van der Waals surface area contributed by atoms with Gasteiger partial charge in [0.15, 0.2) is 0 Å². The van der Waals surface area contributed by atoms with Gasteiger partial charge in [0.2, 0.25) is 0 Å². The van der Waals surface area contributed by atoms with Gasteiger partial charge < -0.3 is 5.32 Å². The van der Waals surface area contributed by atoms with Crippen LogP contribution in [0.1, 0.15) is 11.3 Å². The Labute approximate surface area is 107 Å². The van der Waals surface area contributed by atoms with Crippen LogP contribution in [0.25, 0.3) is 10.9 Å². The summed E-state index contributed by atoms with van der Waals surface area (Å²) < 4.78 is 38.2. The first kappa shape index (κ1) is 13.0. The molecule has 6 heteroatoms. The van der Waals surface area contributed by atoms with Gasteiger partial charge in [-0.25, -0.2) is 4.98 Å². The number of aryl methyl sites for hydroxylation is 1. The molecule has 2 aromatic rings. The second kappa shape index (κ2) is 4.31. The lowest BCUT2D eigenvalue weighted by atomic mass is 10.1. The molecule has 0 unspecified atom stereocenters. The zero-order valence-electron chi connectivity index (χ0n) is 9.69. The van der Waals surface area contributed by atoms with Crippen molar-refractivity contribution >= 4 is 28.2 Å². The van der Waals surface area contributed by atoms with Crippen molar-refractivity contribution in [3.05, 3.63) is 34.5 Å². The summed E-state index contributed by atoms with van der Waals surface area (Å²) in [5, 5.41) is 3.79. The Morgan fingerprint density at radius 2 is 1.89 bits per heavy atom. The summed E-state index contributed by atoms with van der Waals surface area (Å²) in [6.07, 6.45) is -4.47. The molecule has 0 aliphatic heterocycles. The van der Waals surface area contributed by atoms with Crippen LogP contribution in [0, 0.1) is 6.92 Å². The second-order valence-electron chi connectivity index (χ2n) is 3.92. The molecule has 18 heavy (non-hydrogen) atoms. The third kappa shape index (κ3) is 2.22. The highest BCUT2D eigenvalue weighted by Crippen LogP contribution is 2.34. The SMILES string of the molecule is CNc1cc(C(F)(F)F)nc2c(C)cc(Cl)cc12. The van der Waals surface area contributed by atoms with Crippen molar-refractivity contribution in [3.63, 3.8) is 0 Å². The first-order chi connectivity index (χ1) is 8.32. The van der Waals surface area contributed by atoms with Gasteiger partial charge in [0.05, 0.1) is 5.52 Å². The number of hydrogen-bond acceptors (Lipinski definition) is 2. The molecule has 0 atom stereocenters. The minimum absolute atomic E-state index is 0.304. The number of rotatable bonds is 1. The molecule has 96 valence electrons. The molecular weight excluding hydrogens is 265 g/mol. The largest absolute Gasteiger partial charge is 0.433 e. The van der Waals surface area contributed by atoms with Gasteiger partial charge in [0.25, 0.3) is 0 Å². The lowest BCUT2D eigenvalue weighted by Crippen LogP contribution is -2.09. The monoisotopic (exact) mass is 274 g/mol. The van der Waals surface area contributed by atoms with Gasteiger partial charge >= 0.3 is 6.18 Å². The van der Waals surface area contributed by atoms with Crippen LogP contribution >= 0.6 is 11.6 Å². The van der Waals surface area contributed by atoms with Crippen LogP contribution in [-0.2, 0) is 6.18 Å². The number of nitrogens with zero attached hydrogens (tertiary/aromatic N) is 1. The van der Waals surface area contributed by atoms with Crippen molar-refractivity contribution in [2.45, 2.75) is 13.1 Å². The number of anilines is 1. The Morgan fingerprint density at radius 1 is 1.22 bits per heavy atom. The number of nitrogens with one attached hydrogen (secondary N) is 1. The fraction of sp³-hybridized carbons (Fsp3) is 0.250. The molecule has 0 amide bonds. The molecule has 0 saturated heterocycles. The van der Waals surface area contributed by atoms with E-state index >= 15 is 0 Å². The summed E-state index contributed by atoms with van der Waals surface area (Å²) in [7, 11) is 1.56. The van der Waals surface area contributed by atoms with Gasteiger partial charge in [-0.15, -0.1) is 0 Å². The lowest BCUT2D eigenvalue weighted by Gasteiger charge is -2.13. The summed E-state index contributed by atoms with van der Waals surface area (Å²) in [4.78, 5) is 3.67. The van der Waals surface area contributed by atoms with Crippen LogP contribution in [0.4, 0.5) is 18.9 Å².